The van der Waals surface area contributed by atoms with Crippen LogP contribution in [0.15, 0.2) is 15.3 Å². The van der Waals surface area contributed by atoms with E-state index in [2.05, 4.69) is 4.98 Å². The molecule has 1 aliphatic rings. The molecule has 19 heavy (non-hydrogen) atoms. The van der Waals surface area contributed by atoms with Crippen molar-refractivity contribution in [3.8, 4) is 17.3 Å². The number of rotatable bonds is 1. The Bertz CT molecular complexity index is 694. The second-order valence-corrected chi connectivity index (χ2v) is 5.22. The quantitative estimate of drug-likeness (QED) is 0.827. The summed E-state index contributed by atoms with van der Waals surface area (Å²) in [7, 11) is 0. The highest BCUT2D eigenvalue weighted by Crippen LogP contribution is 2.36. The standard InChI is InChI=1S/C15H17NO3/c1-8-7-12(17)19-14(8)13-9(2)16-15(18)11-6-4-3-5-10(11)13/h7,17H,3-6H2,1-2H3,(H,16,18). The predicted molar refractivity (Wildman–Crippen MR) is 72.5 cm³/mol. The molecular weight excluding hydrogens is 242 g/mol. The minimum absolute atomic E-state index is 0.0179. The van der Waals surface area contributed by atoms with Crippen molar-refractivity contribution in [2.24, 2.45) is 0 Å². The number of aromatic hydroxyl groups is 1. The van der Waals surface area contributed by atoms with Crippen molar-refractivity contribution in [2.75, 3.05) is 0 Å². The molecule has 4 nitrogen and oxygen atoms in total. The van der Waals surface area contributed by atoms with Gasteiger partial charge in [-0.05, 0) is 50.7 Å². The van der Waals surface area contributed by atoms with Crippen molar-refractivity contribution in [3.63, 3.8) is 0 Å². The smallest absolute Gasteiger partial charge is 0.282 e. The molecule has 2 aromatic heterocycles. The van der Waals surface area contributed by atoms with Crippen molar-refractivity contribution < 1.29 is 9.52 Å². The molecular formula is C15H17NO3. The number of H-pyrrole nitrogens is 1. The Morgan fingerprint density at radius 2 is 1.89 bits per heavy atom. The summed E-state index contributed by atoms with van der Waals surface area (Å²) >= 11 is 0. The number of hydrogen-bond acceptors (Lipinski definition) is 3. The number of aromatic amines is 1. The minimum Gasteiger partial charge on any atom is -0.481 e. The molecule has 0 amide bonds. The van der Waals surface area contributed by atoms with Gasteiger partial charge in [0.1, 0.15) is 5.76 Å². The van der Waals surface area contributed by atoms with Gasteiger partial charge in [0, 0.05) is 22.9 Å². The zero-order chi connectivity index (χ0) is 13.6. The summed E-state index contributed by atoms with van der Waals surface area (Å²) in [6.07, 6.45) is 3.87. The molecule has 0 aromatic carbocycles. The van der Waals surface area contributed by atoms with Crippen molar-refractivity contribution in [1.29, 1.82) is 0 Å². The van der Waals surface area contributed by atoms with Crippen molar-refractivity contribution in [1.82, 2.24) is 4.98 Å². The lowest BCUT2D eigenvalue weighted by molar-refractivity contribution is 0.337. The highest BCUT2D eigenvalue weighted by Gasteiger charge is 2.23. The summed E-state index contributed by atoms with van der Waals surface area (Å²) < 4.78 is 5.42. The molecule has 1 aliphatic carbocycles. The Balaban J connectivity index is 2.32. The Morgan fingerprint density at radius 1 is 1.21 bits per heavy atom. The molecule has 0 saturated carbocycles. The van der Waals surface area contributed by atoms with Gasteiger partial charge in [-0.1, -0.05) is 0 Å². The first-order chi connectivity index (χ1) is 9.08. The third-order valence-corrected chi connectivity index (χ3v) is 3.85. The third-order valence-electron chi connectivity index (χ3n) is 3.85. The average Bonchev–Trinajstić information content (AvgIpc) is 2.69. The maximum atomic E-state index is 12.0. The van der Waals surface area contributed by atoms with Crippen LogP contribution < -0.4 is 5.56 Å². The number of aryl methyl sites for hydroxylation is 2. The van der Waals surface area contributed by atoms with E-state index < -0.39 is 0 Å². The number of aromatic nitrogens is 1. The van der Waals surface area contributed by atoms with Crippen LogP contribution in [0.1, 0.15) is 35.2 Å². The normalized spacial score (nSPS) is 14.4. The Kier molecular flexibility index (Phi) is 2.73. The molecule has 0 atom stereocenters. The van der Waals surface area contributed by atoms with Crippen LogP contribution in [0.3, 0.4) is 0 Å². The molecule has 2 heterocycles. The molecule has 0 radical (unpaired) electrons. The van der Waals surface area contributed by atoms with Gasteiger partial charge in [-0.3, -0.25) is 4.79 Å². The molecule has 0 bridgehead atoms. The van der Waals surface area contributed by atoms with E-state index in [0.29, 0.717) is 5.76 Å². The van der Waals surface area contributed by atoms with E-state index in [1.165, 1.54) is 0 Å². The topological polar surface area (TPSA) is 66.2 Å². The van der Waals surface area contributed by atoms with Gasteiger partial charge in [0.2, 0.25) is 0 Å². The van der Waals surface area contributed by atoms with Crippen molar-refractivity contribution in [2.45, 2.75) is 39.5 Å². The van der Waals surface area contributed by atoms with Gasteiger partial charge in [-0.15, -0.1) is 0 Å². The lowest BCUT2D eigenvalue weighted by Gasteiger charge is -2.19. The zero-order valence-electron chi connectivity index (χ0n) is 11.2. The van der Waals surface area contributed by atoms with E-state index in [1.54, 1.807) is 6.07 Å². The van der Waals surface area contributed by atoms with Gasteiger partial charge in [0.05, 0.1) is 0 Å². The lowest BCUT2D eigenvalue weighted by Crippen LogP contribution is -2.21. The van der Waals surface area contributed by atoms with Crippen LogP contribution >= 0.6 is 0 Å². The van der Waals surface area contributed by atoms with E-state index in [1.807, 2.05) is 13.8 Å². The SMILES string of the molecule is Cc1cc(O)oc1-c1c(C)[nH]c(=O)c2c1CCCC2. The molecule has 100 valence electrons. The van der Waals surface area contributed by atoms with Crippen molar-refractivity contribution in [3.05, 3.63) is 38.8 Å². The molecule has 3 rings (SSSR count). The summed E-state index contributed by atoms with van der Waals surface area (Å²) in [6, 6.07) is 1.61. The fourth-order valence-electron chi connectivity index (χ4n) is 2.99. The Hall–Kier alpha value is -1.97. The van der Waals surface area contributed by atoms with Crippen LogP contribution in [0.25, 0.3) is 11.3 Å². The largest absolute Gasteiger partial charge is 0.481 e. The zero-order valence-corrected chi connectivity index (χ0v) is 11.2. The summed E-state index contributed by atoms with van der Waals surface area (Å²) in [4.78, 5) is 14.9. The van der Waals surface area contributed by atoms with E-state index in [-0.39, 0.29) is 11.5 Å². The third kappa shape index (κ3) is 1.87. The number of nitrogens with one attached hydrogen (secondary N) is 1. The Labute approximate surface area is 111 Å². The summed E-state index contributed by atoms with van der Waals surface area (Å²) in [5.41, 5.74) is 4.63. The highest BCUT2D eigenvalue weighted by molar-refractivity contribution is 5.70. The average molecular weight is 259 g/mol. The van der Waals surface area contributed by atoms with Crippen LogP contribution in [0.2, 0.25) is 0 Å². The maximum absolute atomic E-state index is 12.0. The molecule has 2 N–H and O–H groups in total. The van der Waals surface area contributed by atoms with E-state index in [0.717, 1.165) is 53.6 Å². The van der Waals surface area contributed by atoms with Gasteiger partial charge < -0.3 is 14.5 Å². The van der Waals surface area contributed by atoms with E-state index in [4.69, 9.17) is 4.42 Å². The molecule has 0 unspecified atom stereocenters. The van der Waals surface area contributed by atoms with E-state index >= 15 is 0 Å². The molecule has 0 aliphatic heterocycles. The first-order valence-corrected chi connectivity index (χ1v) is 6.62. The molecule has 4 heteroatoms. The van der Waals surface area contributed by atoms with Gasteiger partial charge in [0.25, 0.3) is 11.5 Å². The number of pyridine rings is 1. The van der Waals surface area contributed by atoms with Gasteiger partial charge in [-0.25, -0.2) is 0 Å². The predicted octanol–water partition coefficient (Wildman–Crippen LogP) is 2.84. The van der Waals surface area contributed by atoms with Gasteiger partial charge in [-0.2, -0.15) is 0 Å². The second kappa shape index (κ2) is 4.30. The lowest BCUT2D eigenvalue weighted by atomic mass is 9.87. The van der Waals surface area contributed by atoms with Gasteiger partial charge >= 0.3 is 0 Å². The number of hydrogen-bond donors (Lipinski definition) is 2. The molecule has 2 aromatic rings. The van der Waals surface area contributed by atoms with E-state index in [9.17, 15) is 9.90 Å². The van der Waals surface area contributed by atoms with Crippen molar-refractivity contribution >= 4 is 0 Å². The highest BCUT2D eigenvalue weighted by atomic mass is 16.5. The molecule has 0 saturated heterocycles. The fraction of sp³-hybridized carbons (Fsp3) is 0.400. The maximum Gasteiger partial charge on any atom is 0.282 e. The Morgan fingerprint density at radius 3 is 2.53 bits per heavy atom. The summed E-state index contributed by atoms with van der Waals surface area (Å²) in [5, 5.41) is 9.51. The molecule has 0 spiro atoms. The van der Waals surface area contributed by atoms with Gasteiger partial charge in [0.15, 0.2) is 0 Å². The van der Waals surface area contributed by atoms with Crippen LogP contribution in [-0.2, 0) is 12.8 Å². The number of furan rings is 1. The monoisotopic (exact) mass is 259 g/mol. The van der Waals surface area contributed by atoms with Crippen LogP contribution in [-0.4, -0.2) is 10.1 Å². The van der Waals surface area contributed by atoms with Crippen LogP contribution in [0.4, 0.5) is 0 Å². The molecule has 0 fully saturated rings. The minimum atomic E-state index is -0.0809. The van der Waals surface area contributed by atoms with Crippen LogP contribution in [0.5, 0.6) is 5.95 Å². The summed E-state index contributed by atoms with van der Waals surface area (Å²) in [6.45, 7) is 3.78. The fourth-order valence-corrected chi connectivity index (χ4v) is 2.99. The number of fused-ring (bicyclic) bond motifs is 1. The second-order valence-electron chi connectivity index (χ2n) is 5.22. The summed E-state index contributed by atoms with van der Waals surface area (Å²) in [5.74, 6) is 0.590. The first kappa shape index (κ1) is 12.1. The van der Waals surface area contributed by atoms with Crippen LogP contribution in [0, 0.1) is 13.8 Å². The first-order valence-electron chi connectivity index (χ1n) is 6.62.